The third kappa shape index (κ3) is 3.60. The molecule has 0 fully saturated rings. The van der Waals surface area contributed by atoms with E-state index < -0.39 is 0 Å². The Morgan fingerprint density at radius 3 is 2.77 bits per heavy atom. The highest BCUT2D eigenvalue weighted by Gasteiger charge is 1.99. The van der Waals surface area contributed by atoms with Gasteiger partial charge in [0.25, 0.3) is 0 Å². The Bertz CT molecular complexity index is 299. The Kier molecular flexibility index (Phi) is 4.66. The summed E-state index contributed by atoms with van der Waals surface area (Å²) >= 11 is 6.35. The Balaban J connectivity index is 2.54. The minimum atomic E-state index is 0.545. The highest BCUT2D eigenvalue weighted by molar-refractivity contribution is 14.1. The number of thiol groups is 1. The van der Waals surface area contributed by atoms with Crippen LogP contribution in [0.4, 0.5) is 0 Å². The van der Waals surface area contributed by atoms with Crippen LogP contribution < -0.4 is 4.74 Å². The maximum absolute atomic E-state index is 5.53. The van der Waals surface area contributed by atoms with Gasteiger partial charge in [-0.1, -0.05) is 18.7 Å². The van der Waals surface area contributed by atoms with E-state index in [1.54, 1.807) is 0 Å². The molecule has 0 radical (unpaired) electrons. The molecule has 0 aromatic heterocycles. The largest absolute Gasteiger partial charge is 0.488 e. The summed E-state index contributed by atoms with van der Waals surface area (Å²) in [6.07, 6.45) is 0. The lowest BCUT2D eigenvalue weighted by Gasteiger charge is -2.07. The lowest BCUT2D eigenvalue weighted by Crippen LogP contribution is -2.02. The van der Waals surface area contributed by atoms with Crippen molar-refractivity contribution < 1.29 is 4.74 Å². The van der Waals surface area contributed by atoms with Crippen molar-refractivity contribution in [2.75, 3.05) is 12.4 Å². The van der Waals surface area contributed by atoms with Crippen molar-refractivity contribution in [2.45, 2.75) is 0 Å². The van der Waals surface area contributed by atoms with Gasteiger partial charge >= 0.3 is 0 Å². The first-order chi connectivity index (χ1) is 6.24. The molecular weight excluding hydrogens is 295 g/mol. The normalized spacial score (nSPS) is 9.69. The molecule has 0 bridgehead atoms. The molecule has 0 N–H and O–H groups in total. The van der Waals surface area contributed by atoms with E-state index in [0.717, 1.165) is 14.9 Å². The van der Waals surface area contributed by atoms with Gasteiger partial charge in [-0.15, -0.1) is 0 Å². The van der Waals surface area contributed by atoms with Crippen molar-refractivity contribution >= 4 is 35.2 Å². The summed E-state index contributed by atoms with van der Waals surface area (Å²) < 4.78 is 6.65. The standard InChI is InChI=1S/C10H11IOS/c1-8(7-13)6-12-10-5-3-2-4-9(10)11/h2-5,13H,1,6-7H2. The van der Waals surface area contributed by atoms with Crippen LogP contribution in [-0.2, 0) is 0 Å². The SMILES string of the molecule is C=C(CS)COc1ccccc1I. The van der Waals surface area contributed by atoms with Gasteiger partial charge in [0, 0.05) is 5.75 Å². The van der Waals surface area contributed by atoms with Crippen molar-refractivity contribution in [1.29, 1.82) is 0 Å². The quantitative estimate of drug-likeness (QED) is 0.511. The fraction of sp³-hybridized carbons (Fsp3) is 0.200. The van der Waals surface area contributed by atoms with E-state index in [2.05, 4.69) is 41.8 Å². The third-order valence-corrected chi connectivity index (χ3v) is 2.83. The van der Waals surface area contributed by atoms with E-state index in [0.29, 0.717) is 12.4 Å². The van der Waals surface area contributed by atoms with Gasteiger partial charge in [0.15, 0.2) is 0 Å². The zero-order valence-electron chi connectivity index (χ0n) is 7.16. The second kappa shape index (κ2) is 5.54. The Labute approximate surface area is 97.7 Å². The van der Waals surface area contributed by atoms with Crippen molar-refractivity contribution in [2.24, 2.45) is 0 Å². The highest BCUT2D eigenvalue weighted by Crippen LogP contribution is 2.19. The molecule has 1 aromatic carbocycles. The average Bonchev–Trinajstić information content (AvgIpc) is 2.16. The predicted octanol–water partition coefficient (Wildman–Crippen LogP) is 3.16. The average molecular weight is 306 g/mol. The molecule has 0 spiro atoms. The van der Waals surface area contributed by atoms with Gasteiger partial charge in [0.2, 0.25) is 0 Å². The maximum atomic E-state index is 5.53. The minimum absolute atomic E-state index is 0.545. The van der Waals surface area contributed by atoms with Gasteiger partial charge < -0.3 is 4.74 Å². The molecule has 0 aliphatic heterocycles. The molecule has 3 heteroatoms. The molecule has 1 aromatic rings. The van der Waals surface area contributed by atoms with E-state index in [4.69, 9.17) is 4.74 Å². The smallest absolute Gasteiger partial charge is 0.133 e. The van der Waals surface area contributed by atoms with E-state index in [1.807, 2.05) is 24.3 Å². The van der Waals surface area contributed by atoms with Gasteiger partial charge in [0.1, 0.15) is 12.4 Å². The molecule has 0 aliphatic carbocycles. The molecule has 0 amide bonds. The monoisotopic (exact) mass is 306 g/mol. The van der Waals surface area contributed by atoms with Crippen molar-refractivity contribution in [3.05, 3.63) is 40.0 Å². The second-order valence-corrected chi connectivity index (χ2v) is 4.11. The van der Waals surface area contributed by atoms with Crippen LogP contribution in [0.2, 0.25) is 0 Å². The Morgan fingerprint density at radius 2 is 2.15 bits per heavy atom. The molecule has 1 nitrogen and oxygen atoms in total. The molecule has 0 aliphatic rings. The molecule has 0 unspecified atom stereocenters. The lowest BCUT2D eigenvalue weighted by atomic mass is 10.3. The molecule has 13 heavy (non-hydrogen) atoms. The van der Waals surface area contributed by atoms with Gasteiger partial charge in [-0.3, -0.25) is 0 Å². The lowest BCUT2D eigenvalue weighted by molar-refractivity contribution is 0.351. The summed E-state index contributed by atoms with van der Waals surface area (Å²) in [4.78, 5) is 0. The fourth-order valence-electron chi connectivity index (χ4n) is 0.787. The van der Waals surface area contributed by atoms with Crippen LogP contribution >= 0.6 is 35.2 Å². The first-order valence-electron chi connectivity index (χ1n) is 3.89. The number of ether oxygens (including phenoxy) is 1. The van der Waals surface area contributed by atoms with Crippen LogP contribution in [0, 0.1) is 3.57 Å². The van der Waals surface area contributed by atoms with Gasteiger partial charge in [-0.25, -0.2) is 0 Å². The van der Waals surface area contributed by atoms with E-state index in [-0.39, 0.29) is 0 Å². The van der Waals surface area contributed by atoms with Gasteiger partial charge in [-0.2, -0.15) is 12.6 Å². The zero-order valence-corrected chi connectivity index (χ0v) is 10.2. The topological polar surface area (TPSA) is 9.23 Å². The zero-order chi connectivity index (χ0) is 9.68. The summed E-state index contributed by atoms with van der Waals surface area (Å²) in [6.45, 7) is 4.36. The first kappa shape index (κ1) is 10.9. The number of hydrogen-bond acceptors (Lipinski definition) is 2. The second-order valence-electron chi connectivity index (χ2n) is 2.63. The third-order valence-electron chi connectivity index (χ3n) is 1.49. The van der Waals surface area contributed by atoms with Crippen LogP contribution in [-0.4, -0.2) is 12.4 Å². The van der Waals surface area contributed by atoms with Gasteiger partial charge in [-0.05, 0) is 40.3 Å². The van der Waals surface area contributed by atoms with Gasteiger partial charge in [0.05, 0.1) is 3.57 Å². The molecule has 0 saturated carbocycles. The summed E-state index contributed by atoms with van der Waals surface area (Å²) in [5, 5.41) is 0. The minimum Gasteiger partial charge on any atom is -0.488 e. The Hall–Kier alpha value is -0.160. The summed E-state index contributed by atoms with van der Waals surface area (Å²) in [6, 6.07) is 7.91. The number of benzene rings is 1. The van der Waals surface area contributed by atoms with E-state index in [9.17, 15) is 0 Å². The molecule has 0 saturated heterocycles. The number of hydrogen-bond donors (Lipinski definition) is 1. The summed E-state index contributed by atoms with van der Waals surface area (Å²) in [5.41, 5.74) is 0.989. The Morgan fingerprint density at radius 1 is 1.46 bits per heavy atom. The number of para-hydroxylation sites is 1. The van der Waals surface area contributed by atoms with Crippen LogP contribution in [0.3, 0.4) is 0 Å². The van der Waals surface area contributed by atoms with Crippen molar-refractivity contribution in [3.63, 3.8) is 0 Å². The van der Waals surface area contributed by atoms with Crippen molar-refractivity contribution in [1.82, 2.24) is 0 Å². The molecular formula is C10H11IOS. The van der Waals surface area contributed by atoms with E-state index >= 15 is 0 Å². The van der Waals surface area contributed by atoms with Crippen molar-refractivity contribution in [3.8, 4) is 5.75 Å². The molecule has 0 atom stereocenters. The van der Waals surface area contributed by atoms with Crippen LogP contribution in [0.15, 0.2) is 36.4 Å². The summed E-state index contributed by atoms with van der Waals surface area (Å²) in [7, 11) is 0. The molecule has 1 rings (SSSR count). The number of rotatable bonds is 4. The predicted molar refractivity (Wildman–Crippen MR) is 67.6 cm³/mol. The maximum Gasteiger partial charge on any atom is 0.133 e. The number of halogens is 1. The molecule has 0 heterocycles. The highest BCUT2D eigenvalue weighted by atomic mass is 127. The summed E-state index contributed by atoms with van der Waals surface area (Å²) in [5.74, 6) is 1.58. The van der Waals surface area contributed by atoms with Crippen LogP contribution in [0.5, 0.6) is 5.75 Å². The van der Waals surface area contributed by atoms with Crippen LogP contribution in [0.25, 0.3) is 0 Å². The molecule has 70 valence electrons. The van der Waals surface area contributed by atoms with Crippen LogP contribution in [0.1, 0.15) is 0 Å². The van der Waals surface area contributed by atoms with E-state index in [1.165, 1.54) is 0 Å². The first-order valence-corrected chi connectivity index (χ1v) is 5.60. The fourth-order valence-corrected chi connectivity index (χ4v) is 1.42.